The van der Waals surface area contributed by atoms with E-state index in [1.54, 1.807) is 13.0 Å². The molecule has 7 heteroatoms. The molecule has 2 N–H and O–H groups in total. The van der Waals surface area contributed by atoms with Gasteiger partial charge in [0.2, 0.25) is 0 Å². The second-order valence-corrected chi connectivity index (χ2v) is 7.22. The summed E-state index contributed by atoms with van der Waals surface area (Å²) in [5, 5.41) is 18.0. The van der Waals surface area contributed by atoms with Gasteiger partial charge in [-0.15, -0.1) is 0 Å². The third-order valence-electron chi connectivity index (χ3n) is 5.13. The lowest BCUT2D eigenvalue weighted by Gasteiger charge is -2.25. The molecule has 2 fully saturated rings. The van der Waals surface area contributed by atoms with Crippen LogP contribution >= 0.6 is 0 Å². The van der Waals surface area contributed by atoms with E-state index in [9.17, 15) is 14.3 Å². The quantitative estimate of drug-likeness (QED) is 0.861. The Labute approximate surface area is 151 Å². The molecule has 0 bridgehead atoms. The number of hydrogen-bond donors (Lipinski definition) is 2. The van der Waals surface area contributed by atoms with E-state index in [2.05, 4.69) is 10.4 Å². The van der Waals surface area contributed by atoms with Crippen LogP contribution in [0.2, 0.25) is 0 Å². The Kier molecular flexibility index (Phi) is 4.40. The maximum absolute atomic E-state index is 13.3. The molecule has 1 aromatic carbocycles. The Bertz CT molecular complexity index is 825. The van der Waals surface area contributed by atoms with Crippen molar-refractivity contribution in [2.75, 3.05) is 13.1 Å². The zero-order valence-corrected chi connectivity index (χ0v) is 14.8. The monoisotopic (exact) mass is 358 g/mol. The zero-order chi connectivity index (χ0) is 18.3. The van der Waals surface area contributed by atoms with Gasteiger partial charge in [0.1, 0.15) is 5.82 Å². The second kappa shape index (κ2) is 6.72. The van der Waals surface area contributed by atoms with Crippen molar-refractivity contribution in [2.45, 2.75) is 44.7 Å². The van der Waals surface area contributed by atoms with Crippen LogP contribution in [0.3, 0.4) is 0 Å². The molecule has 1 atom stereocenters. The van der Waals surface area contributed by atoms with Crippen LogP contribution in [0.15, 0.2) is 24.4 Å². The van der Waals surface area contributed by atoms with E-state index in [1.807, 2.05) is 4.90 Å². The van der Waals surface area contributed by atoms with Gasteiger partial charge in [0.15, 0.2) is 11.4 Å². The summed E-state index contributed by atoms with van der Waals surface area (Å²) in [6, 6.07) is 4.87. The lowest BCUT2D eigenvalue weighted by molar-refractivity contribution is 0.0719. The highest BCUT2D eigenvalue weighted by Crippen LogP contribution is 2.31. The van der Waals surface area contributed by atoms with Crippen molar-refractivity contribution in [3.63, 3.8) is 0 Å². The lowest BCUT2D eigenvalue weighted by Crippen LogP contribution is -2.42. The highest BCUT2D eigenvalue weighted by Gasteiger charge is 2.37. The highest BCUT2D eigenvalue weighted by atomic mass is 19.1. The van der Waals surface area contributed by atoms with Crippen molar-refractivity contribution in [3.8, 4) is 11.4 Å². The maximum Gasteiger partial charge on any atom is 0.278 e. The Balaban J connectivity index is 1.60. The summed E-state index contributed by atoms with van der Waals surface area (Å²) in [7, 11) is 0. The second-order valence-electron chi connectivity index (χ2n) is 7.22. The van der Waals surface area contributed by atoms with Crippen molar-refractivity contribution in [1.82, 2.24) is 20.0 Å². The Hall–Kier alpha value is -2.41. The number of benzene rings is 1. The molecule has 2 heterocycles. The van der Waals surface area contributed by atoms with Crippen LogP contribution < -0.4 is 5.32 Å². The minimum atomic E-state index is -0.331. The fraction of sp³-hybridized carbons (Fsp3) is 0.474. The predicted octanol–water partition coefficient (Wildman–Crippen LogP) is 2.38. The Morgan fingerprint density at radius 3 is 2.88 bits per heavy atom. The summed E-state index contributed by atoms with van der Waals surface area (Å²) in [5.41, 5.74) is 1.37. The van der Waals surface area contributed by atoms with E-state index in [1.165, 1.54) is 23.0 Å². The van der Waals surface area contributed by atoms with Gasteiger partial charge >= 0.3 is 0 Å². The van der Waals surface area contributed by atoms with Gasteiger partial charge in [-0.3, -0.25) is 4.79 Å². The third kappa shape index (κ3) is 3.31. The molecule has 1 amide bonds. The number of rotatable bonds is 5. The fourth-order valence-electron chi connectivity index (χ4n) is 3.59. The van der Waals surface area contributed by atoms with Crippen LogP contribution in [0.5, 0.6) is 5.75 Å². The topological polar surface area (TPSA) is 70.4 Å². The minimum Gasteiger partial charge on any atom is -0.504 e. The van der Waals surface area contributed by atoms with Crippen molar-refractivity contribution in [3.05, 3.63) is 41.5 Å². The molecule has 4 rings (SSSR count). The first-order valence-corrected chi connectivity index (χ1v) is 9.12. The number of aryl methyl sites for hydroxylation is 1. The number of amides is 1. The molecule has 1 saturated carbocycles. The molecule has 1 aromatic heterocycles. The normalized spacial score (nSPS) is 19.7. The number of halogens is 1. The van der Waals surface area contributed by atoms with Gasteiger partial charge in [0.05, 0.1) is 11.9 Å². The minimum absolute atomic E-state index is 0.0543. The molecule has 26 heavy (non-hydrogen) atoms. The fourth-order valence-corrected chi connectivity index (χ4v) is 3.59. The molecular weight excluding hydrogens is 335 g/mol. The molecule has 2 aromatic rings. The summed E-state index contributed by atoms with van der Waals surface area (Å²) in [5.74, 6) is -0.719. The molecule has 1 unspecified atom stereocenters. The van der Waals surface area contributed by atoms with Crippen LogP contribution in [0.25, 0.3) is 5.69 Å². The van der Waals surface area contributed by atoms with Gasteiger partial charge in [0, 0.05) is 18.6 Å². The number of carbonyl (C=O) groups excluding carboxylic acids is 1. The first-order valence-electron chi connectivity index (χ1n) is 9.12. The Morgan fingerprint density at radius 2 is 2.23 bits per heavy atom. The largest absolute Gasteiger partial charge is 0.504 e. The number of aromatic nitrogens is 2. The molecular formula is C19H23FN4O2. The van der Waals surface area contributed by atoms with E-state index in [4.69, 9.17) is 0 Å². The van der Waals surface area contributed by atoms with Crippen molar-refractivity contribution >= 4 is 5.91 Å². The average Bonchev–Trinajstić information content (AvgIpc) is 3.17. The molecule has 1 aliphatic carbocycles. The molecule has 6 nitrogen and oxygen atoms in total. The van der Waals surface area contributed by atoms with Crippen molar-refractivity contribution < 1.29 is 14.3 Å². The van der Waals surface area contributed by atoms with Gasteiger partial charge < -0.3 is 15.3 Å². The van der Waals surface area contributed by atoms with Crippen molar-refractivity contribution in [2.24, 2.45) is 0 Å². The van der Waals surface area contributed by atoms with E-state index in [0.29, 0.717) is 23.8 Å². The van der Waals surface area contributed by atoms with Gasteiger partial charge in [-0.05, 0) is 62.9 Å². The summed E-state index contributed by atoms with van der Waals surface area (Å²) in [6.07, 6.45) is 5.59. The lowest BCUT2D eigenvalue weighted by atomic mass is 10.2. The van der Waals surface area contributed by atoms with E-state index < -0.39 is 0 Å². The van der Waals surface area contributed by atoms with Gasteiger partial charge in [-0.25, -0.2) is 9.07 Å². The SMILES string of the molecule is Cc1cc(F)ccc1-n1cc(O)c(C(=O)N(CC2CCCN2)C2CC2)n1. The van der Waals surface area contributed by atoms with Crippen molar-refractivity contribution in [1.29, 1.82) is 0 Å². The smallest absolute Gasteiger partial charge is 0.278 e. The average molecular weight is 358 g/mol. The molecule has 2 aliphatic rings. The molecule has 0 spiro atoms. The first-order chi connectivity index (χ1) is 12.5. The maximum atomic E-state index is 13.3. The zero-order valence-electron chi connectivity index (χ0n) is 14.8. The summed E-state index contributed by atoms with van der Waals surface area (Å²) < 4.78 is 14.8. The number of nitrogens with one attached hydrogen (secondary N) is 1. The number of nitrogens with zero attached hydrogens (tertiary/aromatic N) is 3. The number of carbonyl (C=O) groups is 1. The van der Waals surface area contributed by atoms with Crippen LogP contribution in [0, 0.1) is 12.7 Å². The Morgan fingerprint density at radius 1 is 1.42 bits per heavy atom. The van der Waals surface area contributed by atoms with Crippen LogP contribution in [0.4, 0.5) is 4.39 Å². The first kappa shape index (κ1) is 17.0. The molecule has 0 radical (unpaired) electrons. The van der Waals surface area contributed by atoms with Gasteiger partial charge in [-0.1, -0.05) is 0 Å². The van der Waals surface area contributed by atoms with E-state index in [0.717, 1.165) is 32.2 Å². The third-order valence-corrected chi connectivity index (χ3v) is 5.13. The highest BCUT2D eigenvalue weighted by molar-refractivity contribution is 5.95. The predicted molar refractivity (Wildman–Crippen MR) is 95.0 cm³/mol. The number of aromatic hydroxyl groups is 1. The molecule has 1 aliphatic heterocycles. The van der Waals surface area contributed by atoms with Crippen LogP contribution in [-0.2, 0) is 0 Å². The molecule has 1 saturated heterocycles. The van der Waals surface area contributed by atoms with Gasteiger partial charge in [-0.2, -0.15) is 5.10 Å². The summed E-state index contributed by atoms with van der Waals surface area (Å²) in [6.45, 7) is 3.40. The van der Waals surface area contributed by atoms with Crippen LogP contribution in [0.1, 0.15) is 41.7 Å². The summed E-state index contributed by atoms with van der Waals surface area (Å²) >= 11 is 0. The van der Waals surface area contributed by atoms with E-state index >= 15 is 0 Å². The number of hydrogen-bond acceptors (Lipinski definition) is 4. The standard InChI is InChI=1S/C19H23FN4O2/c1-12-9-13(20)4-7-16(12)24-11-17(25)18(22-24)19(26)23(15-5-6-15)10-14-3-2-8-21-14/h4,7,9,11,14-15,21,25H,2-3,5-6,8,10H2,1H3. The van der Waals surface area contributed by atoms with Gasteiger partial charge in [0.25, 0.3) is 5.91 Å². The summed E-state index contributed by atoms with van der Waals surface area (Å²) in [4.78, 5) is 14.9. The van der Waals surface area contributed by atoms with E-state index in [-0.39, 0.29) is 29.2 Å². The molecule has 138 valence electrons. The van der Waals surface area contributed by atoms with Crippen LogP contribution in [-0.4, -0.2) is 50.9 Å².